The quantitative estimate of drug-likeness (QED) is 0.831. The first-order valence-electron chi connectivity index (χ1n) is 7.29. The molecule has 0 aromatic heterocycles. The first-order chi connectivity index (χ1) is 10.2. The van der Waals surface area contributed by atoms with Gasteiger partial charge in [-0.05, 0) is 43.5 Å². The first kappa shape index (κ1) is 15.6. The molecule has 1 aromatic rings. The van der Waals surface area contributed by atoms with Gasteiger partial charge in [0, 0.05) is 24.2 Å². The van der Waals surface area contributed by atoms with Crippen LogP contribution in [-0.4, -0.2) is 36.9 Å². The SMILES string of the molecule is Cc1cc(C(=O)NC2CCCOC2)ccc1C#CCCO. The number of hydrogen-bond acceptors (Lipinski definition) is 3. The highest BCUT2D eigenvalue weighted by Gasteiger charge is 2.17. The molecule has 1 heterocycles. The van der Waals surface area contributed by atoms with E-state index in [1.807, 2.05) is 19.1 Å². The van der Waals surface area contributed by atoms with Crippen molar-refractivity contribution in [1.82, 2.24) is 5.32 Å². The number of aliphatic hydroxyl groups is 1. The topological polar surface area (TPSA) is 58.6 Å². The molecule has 1 saturated heterocycles. The summed E-state index contributed by atoms with van der Waals surface area (Å²) in [5.74, 6) is 5.82. The van der Waals surface area contributed by atoms with Gasteiger partial charge < -0.3 is 15.2 Å². The van der Waals surface area contributed by atoms with Crippen LogP contribution in [0.4, 0.5) is 0 Å². The first-order valence-corrected chi connectivity index (χ1v) is 7.29. The molecule has 2 rings (SSSR count). The minimum absolute atomic E-state index is 0.0655. The van der Waals surface area contributed by atoms with Gasteiger partial charge in [-0.15, -0.1) is 0 Å². The lowest BCUT2D eigenvalue weighted by atomic mass is 10.0. The number of nitrogens with one attached hydrogen (secondary N) is 1. The van der Waals surface area contributed by atoms with Crippen LogP contribution in [0.1, 0.15) is 40.7 Å². The van der Waals surface area contributed by atoms with Crippen molar-refractivity contribution in [3.63, 3.8) is 0 Å². The molecule has 2 N–H and O–H groups in total. The molecule has 1 amide bonds. The van der Waals surface area contributed by atoms with Gasteiger partial charge in [-0.25, -0.2) is 0 Å². The van der Waals surface area contributed by atoms with Crippen molar-refractivity contribution >= 4 is 5.91 Å². The van der Waals surface area contributed by atoms with Crippen LogP contribution in [0.3, 0.4) is 0 Å². The molecule has 1 aliphatic heterocycles. The zero-order chi connectivity index (χ0) is 15.1. The van der Waals surface area contributed by atoms with Gasteiger partial charge in [0.25, 0.3) is 5.91 Å². The standard InChI is InChI=1S/C17H21NO3/c1-13-11-15(8-7-14(13)5-2-3-9-19)17(20)18-16-6-4-10-21-12-16/h7-8,11,16,19H,3-4,6,9-10,12H2,1H3,(H,18,20). The van der Waals surface area contributed by atoms with Crippen molar-refractivity contribution in [2.45, 2.75) is 32.2 Å². The van der Waals surface area contributed by atoms with Crippen LogP contribution < -0.4 is 5.32 Å². The van der Waals surface area contributed by atoms with Gasteiger partial charge in [-0.3, -0.25) is 4.79 Å². The highest BCUT2D eigenvalue weighted by Crippen LogP contribution is 2.12. The van der Waals surface area contributed by atoms with Crippen LogP contribution in [-0.2, 0) is 4.74 Å². The van der Waals surface area contributed by atoms with Crippen LogP contribution in [0, 0.1) is 18.8 Å². The smallest absolute Gasteiger partial charge is 0.251 e. The Bertz CT molecular complexity index is 551. The second-order valence-corrected chi connectivity index (χ2v) is 5.19. The number of benzene rings is 1. The van der Waals surface area contributed by atoms with E-state index in [-0.39, 0.29) is 18.6 Å². The van der Waals surface area contributed by atoms with E-state index in [0.29, 0.717) is 18.6 Å². The number of hydrogen-bond donors (Lipinski definition) is 2. The van der Waals surface area contributed by atoms with E-state index in [1.165, 1.54) is 0 Å². The van der Waals surface area contributed by atoms with Gasteiger partial charge in [-0.2, -0.15) is 0 Å². The van der Waals surface area contributed by atoms with Crippen LogP contribution in [0.25, 0.3) is 0 Å². The van der Waals surface area contributed by atoms with Gasteiger partial charge in [0.2, 0.25) is 0 Å². The maximum absolute atomic E-state index is 12.2. The Labute approximate surface area is 125 Å². The minimum Gasteiger partial charge on any atom is -0.395 e. The number of carbonyl (C=O) groups is 1. The predicted octanol–water partition coefficient (Wildman–Crippen LogP) is 1.64. The number of amides is 1. The monoisotopic (exact) mass is 287 g/mol. The summed E-state index contributed by atoms with van der Waals surface area (Å²) >= 11 is 0. The minimum atomic E-state index is -0.0662. The molecule has 112 valence electrons. The number of rotatable bonds is 3. The van der Waals surface area contributed by atoms with Crippen molar-refractivity contribution in [2.75, 3.05) is 19.8 Å². The lowest BCUT2D eigenvalue weighted by molar-refractivity contribution is 0.0624. The molecule has 1 aliphatic rings. The Morgan fingerprint density at radius 2 is 2.38 bits per heavy atom. The summed E-state index contributed by atoms with van der Waals surface area (Å²) in [5.41, 5.74) is 2.50. The molecule has 1 atom stereocenters. The fraction of sp³-hybridized carbons (Fsp3) is 0.471. The van der Waals surface area contributed by atoms with Crippen LogP contribution in [0.5, 0.6) is 0 Å². The van der Waals surface area contributed by atoms with Crippen LogP contribution in [0.15, 0.2) is 18.2 Å². The molecular weight excluding hydrogens is 266 g/mol. The summed E-state index contributed by atoms with van der Waals surface area (Å²) in [5, 5.41) is 11.7. The van der Waals surface area contributed by atoms with E-state index < -0.39 is 0 Å². The number of aliphatic hydroxyl groups excluding tert-OH is 1. The Morgan fingerprint density at radius 1 is 1.52 bits per heavy atom. The van der Waals surface area contributed by atoms with Gasteiger partial charge in [0.15, 0.2) is 0 Å². The van der Waals surface area contributed by atoms with E-state index in [1.54, 1.807) is 6.07 Å². The second kappa shape index (κ2) is 7.82. The average Bonchev–Trinajstić information content (AvgIpc) is 2.50. The number of ether oxygens (including phenoxy) is 1. The average molecular weight is 287 g/mol. The molecule has 21 heavy (non-hydrogen) atoms. The lowest BCUT2D eigenvalue weighted by Gasteiger charge is -2.23. The summed E-state index contributed by atoms with van der Waals surface area (Å²) < 4.78 is 5.36. The summed E-state index contributed by atoms with van der Waals surface area (Å²) in [6.07, 6.45) is 2.42. The Balaban J connectivity index is 2.01. The normalized spacial score (nSPS) is 17.7. The molecule has 0 aliphatic carbocycles. The molecule has 0 saturated carbocycles. The highest BCUT2D eigenvalue weighted by molar-refractivity contribution is 5.94. The van der Waals surface area contributed by atoms with Gasteiger partial charge >= 0.3 is 0 Å². The molecule has 0 spiro atoms. The number of carbonyl (C=O) groups excluding carboxylic acids is 1. The van der Waals surface area contributed by atoms with Crippen molar-refractivity contribution in [3.05, 3.63) is 34.9 Å². The van der Waals surface area contributed by atoms with E-state index in [0.717, 1.165) is 30.6 Å². The third kappa shape index (κ3) is 4.59. The van der Waals surface area contributed by atoms with E-state index >= 15 is 0 Å². The van der Waals surface area contributed by atoms with Crippen molar-refractivity contribution in [1.29, 1.82) is 0 Å². The summed E-state index contributed by atoms with van der Waals surface area (Å²) in [6.45, 7) is 3.38. The second-order valence-electron chi connectivity index (χ2n) is 5.19. The molecule has 4 nitrogen and oxygen atoms in total. The Morgan fingerprint density at radius 3 is 3.05 bits per heavy atom. The lowest BCUT2D eigenvalue weighted by Crippen LogP contribution is -2.40. The molecule has 1 unspecified atom stereocenters. The maximum Gasteiger partial charge on any atom is 0.251 e. The summed E-state index contributed by atoms with van der Waals surface area (Å²) in [7, 11) is 0. The fourth-order valence-corrected chi connectivity index (χ4v) is 2.28. The van der Waals surface area contributed by atoms with Crippen molar-refractivity contribution in [2.24, 2.45) is 0 Å². The van der Waals surface area contributed by atoms with Gasteiger partial charge in [0.1, 0.15) is 0 Å². The van der Waals surface area contributed by atoms with E-state index in [2.05, 4.69) is 17.2 Å². The Hall–Kier alpha value is -1.83. The summed E-state index contributed by atoms with van der Waals surface area (Å²) in [6, 6.07) is 5.60. The molecule has 0 radical (unpaired) electrons. The maximum atomic E-state index is 12.2. The highest BCUT2D eigenvalue weighted by atomic mass is 16.5. The molecule has 0 bridgehead atoms. The molecule has 1 fully saturated rings. The van der Waals surface area contributed by atoms with E-state index in [9.17, 15) is 4.79 Å². The Kier molecular flexibility index (Phi) is 5.79. The van der Waals surface area contributed by atoms with Crippen LogP contribution in [0.2, 0.25) is 0 Å². The third-order valence-electron chi connectivity index (χ3n) is 3.44. The molecule has 1 aromatic carbocycles. The molecular formula is C17H21NO3. The number of aryl methyl sites for hydroxylation is 1. The fourth-order valence-electron chi connectivity index (χ4n) is 2.28. The van der Waals surface area contributed by atoms with Crippen molar-refractivity contribution < 1.29 is 14.6 Å². The summed E-state index contributed by atoms with van der Waals surface area (Å²) in [4.78, 5) is 12.2. The van der Waals surface area contributed by atoms with Gasteiger partial charge in [0.05, 0.1) is 19.3 Å². The van der Waals surface area contributed by atoms with Gasteiger partial charge in [-0.1, -0.05) is 11.8 Å². The molecule has 4 heteroatoms. The predicted molar refractivity (Wildman–Crippen MR) is 81.1 cm³/mol. The largest absolute Gasteiger partial charge is 0.395 e. The van der Waals surface area contributed by atoms with Crippen LogP contribution >= 0.6 is 0 Å². The van der Waals surface area contributed by atoms with E-state index in [4.69, 9.17) is 9.84 Å². The third-order valence-corrected chi connectivity index (χ3v) is 3.44. The van der Waals surface area contributed by atoms with Crippen molar-refractivity contribution in [3.8, 4) is 11.8 Å². The zero-order valence-electron chi connectivity index (χ0n) is 12.3. The zero-order valence-corrected chi connectivity index (χ0v) is 12.3.